The molecule has 3 rings (SSSR count). The van der Waals surface area contributed by atoms with Crippen LogP contribution < -0.4 is 10.2 Å². The monoisotopic (exact) mass is 336 g/mol. The number of rotatable bonds is 3. The van der Waals surface area contributed by atoms with Gasteiger partial charge in [-0.1, -0.05) is 11.6 Å². The minimum absolute atomic E-state index is 0.392. The van der Waals surface area contributed by atoms with Crippen LogP contribution in [0.4, 0.5) is 11.4 Å². The number of nitrogens with zero attached hydrogens (tertiary/aromatic N) is 3. The largest absolute Gasteiger partial charge is 0.382 e. The summed E-state index contributed by atoms with van der Waals surface area (Å²) in [7, 11) is 0. The fourth-order valence-electron chi connectivity index (χ4n) is 2.96. The third kappa shape index (κ3) is 3.62. The van der Waals surface area contributed by atoms with Crippen LogP contribution in [-0.2, 0) is 0 Å². The number of piperidine rings is 1. The lowest BCUT2D eigenvalue weighted by Crippen LogP contribution is -2.39. The van der Waals surface area contributed by atoms with Gasteiger partial charge < -0.3 is 10.2 Å². The van der Waals surface area contributed by atoms with Crippen LogP contribution in [0.25, 0.3) is 0 Å². The molecule has 2 aromatic rings. The van der Waals surface area contributed by atoms with E-state index in [9.17, 15) is 0 Å². The van der Waals surface area contributed by atoms with E-state index in [1.807, 2.05) is 36.4 Å². The molecule has 1 saturated heterocycles. The highest BCUT2D eigenvalue weighted by atomic mass is 35.5. The molecule has 120 valence electrons. The molecule has 2 aromatic carbocycles. The van der Waals surface area contributed by atoms with Crippen LogP contribution in [0.3, 0.4) is 0 Å². The van der Waals surface area contributed by atoms with Gasteiger partial charge in [0.05, 0.1) is 22.2 Å². The zero-order chi connectivity index (χ0) is 16.9. The zero-order valence-corrected chi connectivity index (χ0v) is 13.9. The quantitative estimate of drug-likeness (QED) is 0.914. The third-order valence-electron chi connectivity index (χ3n) is 4.32. The number of halogens is 1. The van der Waals surface area contributed by atoms with Gasteiger partial charge in [-0.2, -0.15) is 10.5 Å². The van der Waals surface area contributed by atoms with Gasteiger partial charge >= 0.3 is 0 Å². The smallest absolute Gasteiger partial charge is 0.101 e. The third-order valence-corrected chi connectivity index (χ3v) is 4.63. The minimum atomic E-state index is 0.392. The van der Waals surface area contributed by atoms with E-state index in [2.05, 4.69) is 22.4 Å². The molecule has 5 heteroatoms. The van der Waals surface area contributed by atoms with Gasteiger partial charge in [0.15, 0.2) is 0 Å². The van der Waals surface area contributed by atoms with Crippen molar-refractivity contribution in [3.63, 3.8) is 0 Å². The summed E-state index contributed by atoms with van der Waals surface area (Å²) >= 11 is 6.08. The van der Waals surface area contributed by atoms with Gasteiger partial charge in [-0.05, 0) is 55.3 Å². The summed E-state index contributed by atoms with van der Waals surface area (Å²) in [4.78, 5) is 2.34. The van der Waals surface area contributed by atoms with Crippen LogP contribution in [-0.4, -0.2) is 19.1 Å². The maximum Gasteiger partial charge on any atom is 0.101 e. The van der Waals surface area contributed by atoms with Crippen molar-refractivity contribution in [3.05, 3.63) is 58.6 Å². The molecule has 1 aliphatic rings. The van der Waals surface area contributed by atoms with E-state index in [1.165, 1.54) is 0 Å². The van der Waals surface area contributed by atoms with E-state index >= 15 is 0 Å². The van der Waals surface area contributed by atoms with Gasteiger partial charge in [0, 0.05) is 30.5 Å². The Kier molecular flexibility index (Phi) is 4.89. The normalized spacial score (nSPS) is 14.7. The summed E-state index contributed by atoms with van der Waals surface area (Å²) < 4.78 is 0. The van der Waals surface area contributed by atoms with Crippen LogP contribution >= 0.6 is 11.6 Å². The Hall–Kier alpha value is -2.69. The number of nitrogens with one attached hydrogen (secondary N) is 1. The van der Waals surface area contributed by atoms with Crippen molar-refractivity contribution < 1.29 is 0 Å². The molecule has 1 N–H and O–H groups in total. The van der Waals surface area contributed by atoms with Crippen molar-refractivity contribution in [1.29, 1.82) is 10.5 Å². The Morgan fingerprint density at radius 2 is 1.71 bits per heavy atom. The molecular weight excluding hydrogens is 320 g/mol. The first-order chi connectivity index (χ1) is 11.7. The number of hydrogen-bond acceptors (Lipinski definition) is 4. The predicted octanol–water partition coefficient (Wildman–Crippen LogP) is 4.16. The fraction of sp³-hybridized carbons (Fsp3) is 0.263. The fourth-order valence-corrected chi connectivity index (χ4v) is 3.18. The summed E-state index contributed by atoms with van der Waals surface area (Å²) in [5.41, 5.74) is 3.30. The summed E-state index contributed by atoms with van der Waals surface area (Å²) in [5, 5.41) is 21.8. The van der Waals surface area contributed by atoms with Crippen molar-refractivity contribution in [3.8, 4) is 12.1 Å². The molecule has 0 bridgehead atoms. The highest BCUT2D eigenvalue weighted by Gasteiger charge is 2.19. The Labute approximate surface area is 146 Å². The van der Waals surface area contributed by atoms with Crippen LogP contribution in [0, 0.1) is 22.7 Å². The molecule has 0 saturated carbocycles. The summed E-state index contributed by atoms with van der Waals surface area (Å²) in [6.45, 7) is 1.93. The molecule has 4 nitrogen and oxygen atoms in total. The number of anilines is 2. The SMILES string of the molecule is N#Cc1ccc(N2CCC(Nc3ccc(C#N)c(Cl)c3)CC2)cc1. The maximum atomic E-state index is 8.92. The first-order valence-electron chi connectivity index (χ1n) is 7.91. The first-order valence-corrected chi connectivity index (χ1v) is 8.28. The zero-order valence-electron chi connectivity index (χ0n) is 13.2. The van der Waals surface area contributed by atoms with Gasteiger partial charge in [-0.15, -0.1) is 0 Å². The van der Waals surface area contributed by atoms with Gasteiger partial charge in [-0.3, -0.25) is 0 Å². The maximum absolute atomic E-state index is 8.92. The van der Waals surface area contributed by atoms with Crippen LogP contribution in [0.15, 0.2) is 42.5 Å². The topological polar surface area (TPSA) is 62.9 Å². The molecule has 0 amide bonds. The standard InChI is InChI=1S/C19H17ClN4/c20-19-11-17(4-3-15(19)13-22)23-16-7-9-24(10-8-16)18-5-1-14(12-21)2-6-18/h1-6,11,16,23H,7-10H2. The van der Waals surface area contributed by atoms with Gasteiger partial charge in [0.25, 0.3) is 0 Å². The molecular formula is C19H17ClN4. The Balaban J connectivity index is 1.58. The van der Waals surface area contributed by atoms with Crippen molar-refractivity contribution in [1.82, 2.24) is 0 Å². The Morgan fingerprint density at radius 3 is 2.29 bits per heavy atom. The molecule has 1 heterocycles. The Morgan fingerprint density at radius 1 is 1.00 bits per heavy atom. The molecule has 24 heavy (non-hydrogen) atoms. The molecule has 0 aromatic heterocycles. The first kappa shape index (κ1) is 16.2. The van der Waals surface area contributed by atoms with E-state index in [-0.39, 0.29) is 0 Å². The number of hydrogen-bond donors (Lipinski definition) is 1. The van der Waals surface area contributed by atoms with Gasteiger partial charge in [0.2, 0.25) is 0 Å². The average molecular weight is 337 g/mol. The molecule has 0 unspecified atom stereocenters. The van der Waals surface area contributed by atoms with E-state index in [1.54, 1.807) is 6.07 Å². The van der Waals surface area contributed by atoms with E-state index in [4.69, 9.17) is 22.1 Å². The van der Waals surface area contributed by atoms with Crippen LogP contribution in [0.5, 0.6) is 0 Å². The molecule has 1 aliphatic heterocycles. The minimum Gasteiger partial charge on any atom is -0.382 e. The van der Waals surface area contributed by atoms with Crippen molar-refractivity contribution in [2.24, 2.45) is 0 Å². The molecule has 0 radical (unpaired) electrons. The summed E-state index contributed by atoms with van der Waals surface area (Å²) in [5.74, 6) is 0. The van der Waals surface area contributed by atoms with Crippen molar-refractivity contribution in [2.75, 3.05) is 23.3 Å². The van der Waals surface area contributed by atoms with Crippen LogP contribution in [0.2, 0.25) is 5.02 Å². The Bertz CT molecular complexity index is 794. The second-order valence-corrected chi connectivity index (χ2v) is 6.28. The summed E-state index contributed by atoms with van der Waals surface area (Å²) in [6, 6.07) is 17.8. The van der Waals surface area contributed by atoms with Crippen molar-refractivity contribution >= 4 is 23.0 Å². The second kappa shape index (κ2) is 7.25. The highest BCUT2D eigenvalue weighted by molar-refractivity contribution is 6.32. The van der Waals surface area contributed by atoms with Gasteiger partial charge in [0.1, 0.15) is 6.07 Å². The van der Waals surface area contributed by atoms with E-state index in [0.717, 1.165) is 37.3 Å². The van der Waals surface area contributed by atoms with Crippen LogP contribution in [0.1, 0.15) is 24.0 Å². The van der Waals surface area contributed by atoms with E-state index in [0.29, 0.717) is 22.2 Å². The predicted molar refractivity (Wildman–Crippen MR) is 96.2 cm³/mol. The van der Waals surface area contributed by atoms with Crippen molar-refractivity contribution in [2.45, 2.75) is 18.9 Å². The summed E-state index contributed by atoms with van der Waals surface area (Å²) in [6.07, 6.45) is 2.05. The number of benzene rings is 2. The lowest BCUT2D eigenvalue weighted by Gasteiger charge is -2.34. The van der Waals surface area contributed by atoms with E-state index < -0.39 is 0 Å². The van der Waals surface area contributed by atoms with Gasteiger partial charge in [-0.25, -0.2) is 0 Å². The molecule has 0 spiro atoms. The number of nitriles is 2. The lowest BCUT2D eigenvalue weighted by atomic mass is 10.0. The molecule has 1 fully saturated rings. The highest BCUT2D eigenvalue weighted by Crippen LogP contribution is 2.25. The average Bonchev–Trinajstić information content (AvgIpc) is 2.63. The molecule has 0 atom stereocenters. The lowest BCUT2D eigenvalue weighted by molar-refractivity contribution is 0.527. The second-order valence-electron chi connectivity index (χ2n) is 5.87. The molecule has 0 aliphatic carbocycles.